The zero-order valence-electron chi connectivity index (χ0n) is 36.3. The number of halogens is 4. The maximum absolute atomic E-state index is 11.3. The smallest absolute Gasteiger partial charge is 0.335 e. The number of hydrogen-bond acceptors (Lipinski definition) is 11. The molecule has 0 aliphatic heterocycles. The molecule has 0 saturated heterocycles. The summed E-state index contributed by atoms with van der Waals surface area (Å²) in [5.74, 6) is 1.34. The van der Waals surface area contributed by atoms with Crippen LogP contribution in [0.4, 0.5) is 5.69 Å². The zero-order chi connectivity index (χ0) is 46.9. The third kappa shape index (κ3) is 10.4. The highest BCUT2D eigenvalue weighted by molar-refractivity contribution is 6.39. The summed E-state index contributed by atoms with van der Waals surface area (Å²) in [5, 5.41) is 42.2. The molecule has 0 bridgehead atoms. The van der Waals surface area contributed by atoms with E-state index in [1.807, 2.05) is 0 Å². The van der Waals surface area contributed by atoms with Crippen LogP contribution in [0.2, 0.25) is 20.1 Å². The average Bonchev–Trinajstić information content (AvgIpc) is 4.28. The van der Waals surface area contributed by atoms with E-state index < -0.39 is 17.2 Å². The van der Waals surface area contributed by atoms with E-state index in [4.69, 9.17) is 71.5 Å². The molecule has 4 aromatic heterocycles. The van der Waals surface area contributed by atoms with E-state index in [1.54, 1.807) is 54.7 Å². The van der Waals surface area contributed by atoms with Gasteiger partial charge in [-0.25, -0.2) is 9.64 Å². The van der Waals surface area contributed by atoms with Gasteiger partial charge in [0.2, 0.25) is 0 Å². The highest BCUT2D eigenvalue weighted by Gasteiger charge is 2.40. The van der Waals surface area contributed by atoms with Crippen molar-refractivity contribution in [2.24, 2.45) is 0 Å². The van der Waals surface area contributed by atoms with Gasteiger partial charge < -0.3 is 33.8 Å². The van der Waals surface area contributed by atoms with Gasteiger partial charge in [-0.3, -0.25) is 9.97 Å². The molecule has 2 aromatic carbocycles. The molecule has 4 heterocycles. The molecule has 4 fully saturated rings. The summed E-state index contributed by atoms with van der Waals surface area (Å²) in [4.78, 5) is 23.3. The molecule has 6 aromatic rings. The lowest BCUT2D eigenvalue weighted by Crippen LogP contribution is -2.35. The molecule has 0 amide bonds. The molecule has 4 aliphatic carbocycles. The Labute approximate surface area is 407 Å². The number of aromatic carboxylic acids is 1. The number of pyridine rings is 2. The molecule has 67 heavy (non-hydrogen) atoms. The van der Waals surface area contributed by atoms with E-state index in [0.717, 1.165) is 48.3 Å². The number of nitrogens with zero attached hydrogens (tertiary/aromatic N) is 5. The first-order chi connectivity index (χ1) is 32.3. The second-order valence-corrected chi connectivity index (χ2v) is 19.4. The Morgan fingerprint density at radius 1 is 0.657 bits per heavy atom. The van der Waals surface area contributed by atoms with Crippen LogP contribution in [0, 0.1) is 6.57 Å². The number of carboxylic acid groups (broad SMARTS) is 1. The van der Waals surface area contributed by atoms with Crippen LogP contribution in [0.15, 0.2) is 82.1 Å². The van der Waals surface area contributed by atoms with Gasteiger partial charge in [-0.1, -0.05) is 68.8 Å². The number of aliphatic hydroxyl groups is 2. The van der Waals surface area contributed by atoms with Gasteiger partial charge in [0.15, 0.2) is 5.69 Å². The van der Waals surface area contributed by atoms with Crippen LogP contribution in [-0.2, 0) is 33.9 Å². The summed E-state index contributed by atoms with van der Waals surface area (Å²) in [5.41, 5.74) is 3.66. The van der Waals surface area contributed by atoms with Crippen LogP contribution in [0.3, 0.4) is 0 Å². The molecule has 4 aliphatic rings. The van der Waals surface area contributed by atoms with Crippen molar-refractivity contribution in [1.82, 2.24) is 20.3 Å². The Balaban J connectivity index is 0.000000168. The average molecular weight is 988 g/mol. The van der Waals surface area contributed by atoms with Crippen LogP contribution in [0.5, 0.6) is 0 Å². The van der Waals surface area contributed by atoms with E-state index in [1.165, 1.54) is 18.3 Å². The highest BCUT2D eigenvalue weighted by Crippen LogP contribution is 2.48. The van der Waals surface area contributed by atoms with Crippen molar-refractivity contribution in [3.8, 4) is 22.5 Å². The fourth-order valence-corrected chi connectivity index (χ4v) is 10.2. The van der Waals surface area contributed by atoms with Crippen molar-refractivity contribution in [2.45, 2.75) is 126 Å². The highest BCUT2D eigenvalue weighted by atomic mass is 35.5. The summed E-state index contributed by atoms with van der Waals surface area (Å²) in [6.45, 7) is 7.85. The number of carboxylic acids is 1. The van der Waals surface area contributed by atoms with E-state index in [2.05, 4.69) is 25.1 Å². The maximum Gasteiger partial charge on any atom is 0.335 e. The van der Waals surface area contributed by atoms with Crippen molar-refractivity contribution in [3.63, 3.8) is 0 Å². The largest absolute Gasteiger partial charge is 0.478 e. The molecule has 0 radical (unpaired) electrons. The third-order valence-corrected chi connectivity index (χ3v) is 14.5. The Morgan fingerprint density at radius 3 is 1.48 bits per heavy atom. The van der Waals surface area contributed by atoms with E-state index in [-0.39, 0.29) is 17.8 Å². The molecule has 0 spiro atoms. The van der Waals surface area contributed by atoms with Gasteiger partial charge in [0.25, 0.3) is 0 Å². The SMILES string of the molecule is O=C(O)c1ccnc(C2(O)CCC(OCc3c(-c4c(Cl)cccc4Cl)noc3C3CC3)CC2)c1.[C-]#[N+]c1ccnc(C2(O)CCC(OCc3c(-c4c(Cl)cccc4Cl)noc3C3CC3)CC2)c1. The van der Waals surface area contributed by atoms with Crippen LogP contribution in [0.1, 0.15) is 133 Å². The fraction of sp³-hybridized carbons (Fsp3) is 0.400. The Bertz CT molecular complexity index is 2760. The van der Waals surface area contributed by atoms with Crippen molar-refractivity contribution in [1.29, 1.82) is 0 Å². The number of benzene rings is 2. The molecular formula is C50H47Cl4N5O8. The topological polar surface area (TPSA) is 178 Å². The summed E-state index contributed by atoms with van der Waals surface area (Å²) < 4.78 is 24.0. The van der Waals surface area contributed by atoms with E-state index >= 15 is 0 Å². The van der Waals surface area contributed by atoms with Gasteiger partial charge in [0, 0.05) is 46.5 Å². The van der Waals surface area contributed by atoms with Crippen LogP contribution in [-0.4, -0.2) is 53.8 Å². The maximum atomic E-state index is 11.3. The normalized spacial score (nSPS) is 22.7. The Morgan fingerprint density at radius 2 is 1.07 bits per heavy atom. The second kappa shape index (κ2) is 20.0. The molecule has 0 unspecified atom stereocenters. The van der Waals surface area contributed by atoms with Gasteiger partial charge in [-0.15, -0.1) is 0 Å². The van der Waals surface area contributed by atoms with Gasteiger partial charge in [-0.2, -0.15) is 0 Å². The number of hydrogen-bond donors (Lipinski definition) is 3. The Hall–Kier alpha value is -4.88. The van der Waals surface area contributed by atoms with Crippen molar-refractivity contribution < 1.29 is 38.6 Å². The zero-order valence-corrected chi connectivity index (χ0v) is 39.3. The molecule has 0 atom stereocenters. The van der Waals surface area contributed by atoms with Crippen LogP contribution < -0.4 is 0 Å². The van der Waals surface area contributed by atoms with Crippen molar-refractivity contribution >= 4 is 58.1 Å². The minimum atomic E-state index is -1.17. The lowest BCUT2D eigenvalue weighted by atomic mass is 9.80. The molecule has 17 heteroatoms. The van der Waals surface area contributed by atoms with Gasteiger partial charge in [0.05, 0.1) is 69.0 Å². The molecule has 348 valence electrons. The first-order valence-corrected chi connectivity index (χ1v) is 23.9. The van der Waals surface area contributed by atoms with Crippen LogP contribution in [0.25, 0.3) is 27.4 Å². The second-order valence-electron chi connectivity index (χ2n) is 17.8. The standard InChI is InChI=1S/C25H23Cl2N3O3.C25H24Cl2N2O5/c1-28-16-9-12-29-21(13-16)25(31)10-7-17(8-11-25)32-14-18-23(30-33-24(18)15-5-6-15)22-19(26)3-2-4-20(22)27;26-18-2-1-3-19(27)21(18)22-17(23(34-29-22)14-4-5-14)13-33-16-6-9-25(32,10-7-16)20-12-15(24(30)31)8-11-28-20/h2-4,9,12-13,15,17,31H,5-8,10-11,14H2;1-3,8,11-12,14,16,32H,4-7,9-10,13H2,(H,30,31). The van der Waals surface area contributed by atoms with Gasteiger partial charge in [0.1, 0.15) is 34.1 Å². The summed E-state index contributed by atoms with van der Waals surface area (Å²) in [6, 6.07) is 16.9. The summed E-state index contributed by atoms with van der Waals surface area (Å²) in [6.07, 6.45) is 11.7. The minimum Gasteiger partial charge on any atom is -0.478 e. The molecule has 13 nitrogen and oxygen atoms in total. The lowest BCUT2D eigenvalue weighted by Gasteiger charge is -2.35. The summed E-state index contributed by atoms with van der Waals surface area (Å²) >= 11 is 25.7. The van der Waals surface area contributed by atoms with Crippen molar-refractivity contribution in [3.05, 3.63) is 144 Å². The van der Waals surface area contributed by atoms with E-state index in [9.17, 15) is 20.1 Å². The quantitative estimate of drug-likeness (QED) is 0.0934. The predicted molar refractivity (Wildman–Crippen MR) is 251 cm³/mol. The lowest BCUT2D eigenvalue weighted by molar-refractivity contribution is -0.0662. The van der Waals surface area contributed by atoms with Gasteiger partial charge >= 0.3 is 5.97 Å². The van der Waals surface area contributed by atoms with E-state index in [0.29, 0.717) is 136 Å². The molecule has 4 saturated carbocycles. The number of rotatable bonds is 13. The first-order valence-electron chi connectivity index (χ1n) is 22.4. The Kier molecular flexibility index (Phi) is 14.1. The minimum absolute atomic E-state index is 0.00848. The third-order valence-electron chi connectivity index (χ3n) is 13.2. The first kappa shape index (κ1) is 47.2. The monoisotopic (exact) mass is 985 g/mol. The van der Waals surface area contributed by atoms with Gasteiger partial charge in [-0.05, 0) is 126 Å². The predicted octanol–water partition coefficient (Wildman–Crippen LogP) is 12.8. The summed E-state index contributed by atoms with van der Waals surface area (Å²) in [7, 11) is 0. The molecule has 10 rings (SSSR count). The number of aromatic nitrogens is 4. The molecular weight excluding hydrogens is 940 g/mol. The van der Waals surface area contributed by atoms with Crippen molar-refractivity contribution in [2.75, 3.05) is 0 Å². The number of ether oxygens (including phenoxy) is 2. The molecule has 3 N–H and O–H groups in total. The fourth-order valence-electron chi connectivity index (χ4n) is 9.04. The number of carbonyl (C=O) groups is 1. The van der Waals surface area contributed by atoms with Crippen LogP contribution >= 0.6 is 46.4 Å².